The molecule has 2 amide bonds. The Morgan fingerprint density at radius 2 is 2.10 bits per heavy atom. The first-order chi connectivity index (χ1) is 14.0. The highest BCUT2D eigenvalue weighted by Gasteiger charge is 2.21. The van der Waals surface area contributed by atoms with Crippen molar-refractivity contribution in [1.82, 2.24) is 15.5 Å². The topological polar surface area (TPSA) is 105 Å². The highest BCUT2D eigenvalue weighted by Crippen LogP contribution is 2.20. The number of nitrogens with zero attached hydrogens (tertiary/aromatic N) is 2. The summed E-state index contributed by atoms with van der Waals surface area (Å²) in [5.41, 5.74) is -0.00463. The summed E-state index contributed by atoms with van der Waals surface area (Å²) in [7, 11) is 0. The monoisotopic (exact) mass is 416 g/mol. The lowest BCUT2D eigenvalue weighted by molar-refractivity contribution is -0.384. The zero-order valence-corrected chi connectivity index (χ0v) is 16.8. The fraction of sp³-hybridized carbons (Fsp3) is 0.400. The molecule has 29 heavy (non-hydrogen) atoms. The van der Waals surface area contributed by atoms with Crippen LogP contribution in [0.25, 0.3) is 0 Å². The molecule has 1 aromatic carbocycles. The Labute approximate surface area is 173 Å². The predicted molar refractivity (Wildman–Crippen MR) is 111 cm³/mol. The van der Waals surface area contributed by atoms with Crippen LogP contribution in [0.4, 0.5) is 5.69 Å². The van der Waals surface area contributed by atoms with Crippen molar-refractivity contribution in [3.63, 3.8) is 0 Å². The molecule has 0 aliphatic carbocycles. The number of rotatable bonds is 8. The van der Waals surface area contributed by atoms with Crippen LogP contribution in [0.1, 0.15) is 28.1 Å². The number of piperidine rings is 1. The van der Waals surface area contributed by atoms with Crippen molar-refractivity contribution >= 4 is 28.8 Å². The van der Waals surface area contributed by atoms with Crippen molar-refractivity contribution in [3.8, 4) is 0 Å². The second-order valence-electron chi connectivity index (χ2n) is 7.12. The molecule has 0 saturated carbocycles. The Morgan fingerprint density at radius 3 is 2.86 bits per heavy atom. The molecule has 1 aliphatic rings. The summed E-state index contributed by atoms with van der Waals surface area (Å²) in [5.74, 6) is -0.386. The van der Waals surface area contributed by atoms with Crippen LogP contribution in [0.5, 0.6) is 0 Å². The first-order valence-electron chi connectivity index (χ1n) is 9.55. The maximum atomic E-state index is 12.1. The van der Waals surface area contributed by atoms with E-state index in [1.54, 1.807) is 11.3 Å². The van der Waals surface area contributed by atoms with E-state index in [1.165, 1.54) is 29.1 Å². The van der Waals surface area contributed by atoms with Gasteiger partial charge in [0, 0.05) is 42.2 Å². The minimum Gasteiger partial charge on any atom is -0.354 e. The minimum atomic E-state index is -0.560. The SMILES string of the molecule is O=C(CNC(=O)c1cccc([N+](=O)[O-])c1)NCC1CCCN(Cc2cccs2)C1. The smallest absolute Gasteiger partial charge is 0.270 e. The third-order valence-electron chi connectivity index (χ3n) is 4.88. The summed E-state index contributed by atoms with van der Waals surface area (Å²) in [6, 6.07) is 9.62. The van der Waals surface area contributed by atoms with Gasteiger partial charge in [-0.25, -0.2) is 0 Å². The lowest BCUT2D eigenvalue weighted by Crippen LogP contribution is -2.43. The van der Waals surface area contributed by atoms with E-state index in [0.29, 0.717) is 12.5 Å². The second-order valence-corrected chi connectivity index (χ2v) is 8.15. The van der Waals surface area contributed by atoms with E-state index in [9.17, 15) is 19.7 Å². The number of thiophene rings is 1. The summed E-state index contributed by atoms with van der Waals surface area (Å²) in [5, 5.41) is 18.3. The number of carbonyl (C=O) groups excluding carboxylic acids is 2. The molecule has 2 N–H and O–H groups in total. The van der Waals surface area contributed by atoms with Crippen LogP contribution < -0.4 is 10.6 Å². The predicted octanol–water partition coefficient (Wildman–Crippen LogP) is 2.41. The summed E-state index contributed by atoms with van der Waals surface area (Å²) < 4.78 is 0. The van der Waals surface area contributed by atoms with Gasteiger partial charge in [-0.15, -0.1) is 11.3 Å². The van der Waals surface area contributed by atoms with Crippen molar-refractivity contribution in [3.05, 3.63) is 62.3 Å². The van der Waals surface area contributed by atoms with E-state index in [4.69, 9.17) is 0 Å². The Morgan fingerprint density at radius 1 is 1.24 bits per heavy atom. The Bertz CT molecular complexity index is 856. The van der Waals surface area contributed by atoms with Crippen LogP contribution in [-0.4, -0.2) is 47.8 Å². The Balaban J connectivity index is 1.40. The molecule has 0 radical (unpaired) electrons. The van der Waals surface area contributed by atoms with Gasteiger partial charge < -0.3 is 10.6 Å². The van der Waals surface area contributed by atoms with Crippen LogP contribution in [0.2, 0.25) is 0 Å². The molecular weight excluding hydrogens is 392 g/mol. The summed E-state index contributed by atoms with van der Waals surface area (Å²) in [6.45, 7) is 3.38. The molecule has 3 rings (SSSR count). The van der Waals surface area contributed by atoms with Crippen molar-refractivity contribution in [2.75, 3.05) is 26.2 Å². The molecule has 2 heterocycles. The maximum Gasteiger partial charge on any atom is 0.270 e. The highest BCUT2D eigenvalue weighted by molar-refractivity contribution is 7.09. The maximum absolute atomic E-state index is 12.1. The Kier molecular flexibility index (Phi) is 7.31. The van der Waals surface area contributed by atoms with Gasteiger partial charge in [-0.05, 0) is 42.8 Å². The average molecular weight is 417 g/mol. The number of carbonyl (C=O) groups is 2. The molecule has 8 nitrogen and oxygen atoms in total. The third-order valence-corrected chi connectivity index (χ3v) is 5.74. The fourth-order valence-corrected chi connectivity index (χ4v) is 4.17. The quantitative estimate of drug-likeness (QED) is 0.508. The molecule has 1 aromatic heterocycles. The second kappa shape index (κ2) is 10.1. The van der Waals surface area contributed by atoms with Crippen LogP contribution in [0.3, 0.4) is 0 Å². The zero-order chi connectivity index (χ0) is 20.6. The number of benzene rings is 1. The van der Waals surface area contributed by atoms with Crippen molar-refractivity contribution in [2.45, 2.75) is 19.4 Å². The van der Waals surface area contributed by atoms with Crippen LogP contribution in [0, 0.1) is 16.0 Å². The molecular formula is C20H24N4O4S. The van der Waals surface area contributed by atoms with Gasteiger partial charge in [0.05, 0.1) is 11.5 Å². The van der Waals surface area contributed by atoms with E-state index in [-0.39, 0.29) is 23.7 Å². The zero-order valence-electron chi connectivity index (χ0n) is 16.0. The summed E-state index contributed by atoms with van der Waals surface area (Å²) in [4.78, 5) is 38.2. The molecule has 0 bridgehead atoms. The van der Waals surface area contributed by atoms with E-state index in [2.05, 4.69) is 33.0 Å². The number of hydrogen-bond acceptors (Lipinski definition) is 6. The van der Waals surface area contributed by atoms with Gasteiger partial charge in [0.1, 0.15) is 0 Å². The molecule has 1 fully saturated rings. The van der Waals surface area contributed by atoms with Gasteiger partial charge in [-0.1, -0.05) is 12.1 Å². The number of nitrogens with one attached hydrogen (secondary N) is 2. The first-order valence-corrected chi connectivity index (χ1v) is 10.4. The number of amides is 2. The molecule has 1 unspecified atom stereocenters. The van der Waals surface area contributed by atoms with Gasteiger partial charge in [0.2, 0.25) is 5.91 Å². The van der Waals surface area contributed by atoms with Gasteiger partial charge >= 0.3 is 0 Å². The van der Waals surface area contributed by atoms with E-state index in [0.717, 1.165) is 32.5 Å². The van der Waals surface area contributed by atoms with Gasteiger partial charge in [0.25, 0.3) is 11.6 Å². The lowest BCUT2D eigenvalue weighted by atomic mass is 9.98. The van der Waals surface area contributed by atoms with Gasteiger partial charge in [-0.2, -0.15) is 0 Å². The van der Waals surface area contributed by atoms with E-state index < -0.39 is 10.8 Å². The van der Waals surface area contributed by atoms with Crippen molar-refractivity contribution in [1.29, 1.82) is 0 Å². The fourth-order valence-electron chi connectivity index (χ4n) is 3.43. The molecule has 1 atom stereocenters. The Hall–Kier alpha value is -2.78. The van der Waals surface area contributed by atoms with Crippen molar-refractivity contribution < 1.29 is 14.5 Å². The summed E-state index contributed by atoms with van der Waals surface area (Å²) >= 11 is 1.76. The molecule has 154 valence electrons. The first kappa shape index (κ1) is 20.9. The van der Waals surface area contributed by atoms with Crippen LogP contribution in [0.15, 0.2) is 41.8 Å². The third kappa shape index (κ3) is 6.37. The largest absolute Gasteiger partial charge is 0.354 e. The molecule has 1 aliphatic heterocycles. The van der Waals surface area contributed by atoms with E-state index >= 15 is 0 Å². The standard InChI is InChI=1S/C20H24N4O4S/c25-19(12-22-20(26)16-5-1-6-17(10-16)24(27)28)21-11-15-4-2-8-23(13-15)14-18-7-3-9-29-18/h1,3,5-7,9-10,15H,2,4,8,11-14H2,(H,21,25)(H,22,26). The number of hydrogen-bond donors (Lipinski definition) is 2. The number of likely N-dealkylation sites (tertiary alicyclic amines) is 1. The van der Waals surface area contributed by atoms with E-state index in [1.807, 2.05) is 0 Å². The minimum absolute atomic E-state index is 0.156. The van der Waals surface area contributed by atoms with Crippen molar-refractivity contribution in [2.24, 2.45) is 5.92 Å². The molecule has 1 saturated heterocycles. The molecule has 2 aromatic rings. The average Bonchev–Trinajstić information content (AvgIpc) is 3.24. The van der Waals surface area contributed by atoms with Gasteiger partial charge in [-0.3, -0.25) is 24.6 Å². The van der Waals surface area contributed by atoms with Crippen LogP contribution in [-0.2, 0) is 11.3 Å². The number of nitro groups is 1. The normalized spacial score (nSPS) is 16.9. The summed E-state index contributed by atoms with van der Waals surface area (Å²) in [6.07, 6.45) is 2.18. The van der Waals surface area contributed by atoms with Crippen LogP contribution >= 0.6 is 11.3 Å². The molecule has 9 heteroatoms. The van der Waals surface area contributed by atoms with Gasteiger partial charge in [0.15, 0.2) is 0 Å². The highest BCUT2D eigenvalue weighted by atomic mass is 32.1. The number of non-ortho nitro benzene ring substituents is 1. The number of nitro benzene ring substituents is 1. The lowest BCUT2D eigenvalue weighted by Gasteiger charge is -2.32. The molecule has 0 spiro atoms.